The molecule has 0 heterocycles. The largest absolute Gasteiger partial charge is 0.493 e. The van der Waals surface area contributed by atoms with E-state index in [1.54, 1.807) is 0 Å². The minimum Gasteiger partial charge on any atom is -0.493 e. The summed E-state index contributed by atoms with van der Waals surface area (Å²) in [6, 6.07) is 4.84. The first kappa shape index (κ1) is 28.4. The van der Waals surface area contributed by atoms with Gasteiger partial charge in [0.2, 0.25) is 0 Å². The van der Waals surface area contributed by atoms with Crippen molar-refractivity contribution in [2.75, 3.05) is 6.61 Å². The maximum absolute atomic E-state index is 14.6. The molecular weight excluding hydrogens is 496 g/mol. The maximum Gasteiger partial charge on any atom is 0.346 e. The summed E-state index contributed by atoms with van der Waals surface area (Å²) in [4.78, 5) is 12.3. The molecule has 0 N–H and O–H groups in total. The molecule has 208 valence electrons. The van der Waals surface area contributed by atoms with Gasteiger partial charge in [0.25, 0.3) is 0 Å². The van der Waals surface area contributed by atoms with Gasteiger partial charge in [0.05, 0.1) is 12.2 Å². The van der Waals surface area contributed by atoms with Crippen LogP contribution in [0.15, 0.2) is 30.3 Å². The first-order chi connectivity index (χ1) is 18.3. The minimum absolute atomic E-state index is 0.307. The second kappa shape index (κ2) is 13.5. The normalized spacial score (nSPS) is 23.7. The summed E-state index contributed by atoms with van der Waals surface area (Å²) in [5.41, 5.74) is -0.414. The zero-order valence-corrected chi connectivity index (χ0v) is 22.1. The SMILES string of the molecule is CCCCC[C@H]1CC[C@H]([C@H]2CC[C@H](COc3ccc(C(=O)Oc4cc(F)c(F)c(F)c4)c(F)c3)CC2)CC1. The zero-order valence-electron chi connectivity index (χ0n) is 22.1. The number of esters is 1. The summed E-state index contributed by atoms with van der Waals surface area (Å²) in [5.74, 6) is -3.91. The average molecular weight is 535 g/mol. The average Bonchev–Trinajstić information content (AvgIpc) is 2.91. The van der Waals surface area contributed by atoms with E-state index in [1.165, 1.54) is 76.3 Å². The molecule has 38 heavy (non-hydrogen) atoms. The molecule has 0 radical (unpaired) electrons. The summed E-state index contributed by atoms with van der Waals surface area (Å²) in [7, 11) is 0. The molecule has 0 amide bonds. The summed E-state index contributed by atoms with van der Waals surface area (Å²) in [6.07, 6.45) is 15.6. The first-order valence-corrected chi connectivity index (χ1v) is 14.1. The van der Waals surface area contributed by atoms with Crippen molar-refractivity contribution in [3.63, 3.8) is 0 Å². The third-order valence-electron chi connectivity index (χ3n) is 8.48. The lowest BCUT2D eigenvalue weighted by atomic mass is 9.69. The van der Waals surface area contributed by atoms with E-state index in [4.69, 9.17) is 9.47 Å². The monoisotopic (exact) mass is 534 g/mol. The molecule has 2 aromatic carbocycles. The molecule has 7 heteroatoms. The Kier molecular flexibility index (Phi) is 10.1. The molecule has 0 bridgehead atoms. The number of carbonyl (C=O) groups excluding carboxylic acids is 1. The highest BCUT2D eigenvalue weighted by Crippen LogP contribution is 2.42. The van der Waals surface area contributed by atoms with Crippen molar-refractivity contribution in [3.05, 3.63) is 59.2 Å². The molecule has 2 fully saturated rings. The Morgan fingerprint density at radius 1 is 0.763 bits per heavy atom. The van der Waals surface area contributed by atoms with Crippen LogP contribution < -0.4 is 9.47 Å². The van der Waals surface area contributed by atoms with E-state index < -0.39 is 40.6 Å². The Morgan fingerprint density at radius 3 is 1.92 bits per heavy atom. The van der Waals surface area contributed by atoms with Crippen LogP contribution in [0.4, 0.5) is 17.6 Å². The Hall–Kier alpha value is -2.57. The van der Waals surface area contributed by atoms with Gasteiger partial charge in [-0.2, -0.15) is 0 Å². The van der Waals surface area contributed by atoms with E-state index in [0.29, 0.717) is 30.4 Å². The Balaban J connectivity index is 1.20. The third-order valence-corrected chi connectivity index (χ3v) is 8.48. The molecule has 0 aromatic heterocycles. The fraction of sp³-hybridized carbons (Fsp3) is 0.581. The molecule has 0 unspecified atom stereocenters. The molecule has 2 aromatic rings. The van der Waals surface area contributed by atoms with Crippen LogP contribution in [0.3, 0.4) is 0 Å². The van der Waals surface area contributed by atoms with E-state index in [9.17, 15) is 22.4 Å². The van der Waals surface area contributed by atoms with Crippen molar-refractivity contribution < 1.29 is 31.8 Å². The molecule has 3 nitrogen and oxygen atoms in total. The van der Waals surface area contributed by atoms with Crippen LogP contribution in [-0.2, 0) is 0 Å². The Bertz CT molecular complexity index is 1050. The number of carbonyl (C=O) groups is 1. The molecule has 0 saturated heterocycles. The molecule has 0 aliphatic heterocycles. The summed E-state index contributed by atoms with van der Waals surface area (Å²) < 4.78 is 65.0. The zero-order chi connectivity index (χ0) is 27.1. The predicted octanol–water partition coefficient (Wildman–Crippen LogP) is 9.03. The van der Waals surface area contributed by atoms with Gasteiger partial charge < -0.3 is 9.47 Å². The molecule has 0 spiro atoms. The predicted molar refractivity (Wildman–Crippen MR) is 138 cm³/mol. The van der Waals surface area contributed by atoms with Crippen LogP contribution in [0.2, 0.25) is 0 Å². The van der Waals surface area contributed by atoms with Crippen LogP contribution in [0, 0.1) is 46.9 Å². The number of hydrogen-bond donors (Lipinski definition) is 0. The lowest BCUT2D eigenvalue weighted by Crippen LogP contribution is -2.27. The number of rotatable bonds is 10. The van der Waals surface area contributed by atoms with Gasteiger partial charge in [-0.25, -0.2) is 22.4 Å². The lowest BCUT2D eigenvalue weighted by molar-refractivity contribution is 0.0728. The summed E-state index contributed by atoms with van der Waals surface area (Å²) in [5, 5.41) is 0. The first-order valence-electron chi connectivity index (χ1n) is 14.1. The standard InChI is InChI=1S/C31H38F4O3/c1-2-3-4-5-20-6-10-22(11-7-20)23-12-8-21(9-13-23)19-37-24-14-15-26(27(32)16-24)31(36)38-25-17-28(33)30(35)29(34)18-25/h14-18,20-23H,2-13,19H2,1H3/t20-,21-,22-,23-. The van der Waals surface area contributed by atoms with Crippen molar-refractivity contribution in [2.24, 2.45) is 23.7 Å². The fourth-order valence-corrected chi connectivity index (χ4v) is 6.18. The highest BCUT2D eigenvalue weighted by Gasteiger charge is 2.31. The van der Waals surface area contributed by atoms with Gasteiger partial charge in [-0.3, -0.25) is 0 Å². The van der Waals surface area contributed by atoms with Gasteiger partial charge >= 0.3 is 5.97 Å². The summed E-state index contributed by atoms with van der Waals surface area (Å²) >= 11 is 0. The van der Waals surface area contributed by atoms with E-state index in [2.05, 4.69) is 6.92 Å². The highest BCUT2D eigenvalue weighted by molar-refractivity contribution is 5.91. The van der Waals surface area contributed by atoms with Gasteiger partial charge in [0.15, 0.2) is 17.5 Å². The Morgan fingerprint density at radius 2 is 1.34 bits per heavy atom. The van der Waals surface area contributed by atoms with Crippen LogP contribution in [-0.4, -0.2) is 12.6 Å². The molecule has 2 aliphatic carbocycles. The van der Waals surface area contributed by atoms with Crippen molar-refractivity contribution in [3.8, 4) is 11.5 Å². The van der Waals surface area contributed by atoms with Crippen LogP contribution in [0.1, 0.15) is 94.3 Å². The van der Waals surface area contributed by atoms with Gasteiger partial charge in [-0.15, -0.1) is 0 Å². The van der Waals surface area contributed by atoms with Crippen LogP contribution in [0.5, 0.6) is 11.5 Å². The van der Waals surface area contributed by atoms with E-state index >= 15 is 0 Å². The number of halogens is 4. The maximum atomic E-state index is 14.6. The van der Waals surface area contributed by atoms with Gasteiger partial charge in [-0.1, -0.05) is 45.4 Å². The topological polar surface area (TPSA) is 35.5 Å². The summed E-state index contributed by atoms with van der Waals surface area (Å²) in [6.45, 7) is 2.76. The third kappa shape index (κ3) is 7.51. The second-order valence-electron chi connectivity index (χ2n) is 11.1. The van der Waals surface area contributed by atoms with Gasteiger partial charge in [0, 0.05) is 18.2 Å². The molecule has 2 saturated carbocycles. The smallest absolute Gasteiger partial charge is 0.346 e. The van der Waals surface area contributed by atoms with Gasteiger partial charge in [-0.05, 0) is 74.3 Å². The molecule has 0 atom stereocenters. The fourth-order valence-electron chi connectivity index (χ4n) is 6.18. The molecule has 2 aliphatic rings. The molecule has 4 rings (SSSR count). The lowest BCUT2D eigenvalue weighted by Gasteiger charge is -2.38. The van der Waals surface area contributed by atoms with Crippen molar-refractivity contribution in [1.29, 1.82) is 0 Å². The van der Waals surface area contributed by atoms with Crippen molar-refractivity contribution in [1.82, 2.24) is 0 Å². The van der Waals surface area contributed by atoms with Crippen LogP contribution >= 0.6 is 0 Å². The van der Waals surface area contributed by atoms with E-state index in [0.717, 1.165) is 36.7 Å². The van der Waals surface area contributed by atoms with Crippen LogP contribution in [0.25, 0.3) is 0 Å². The van der Waals surface area contributed by atoms with E-state index in [-0.39, 0.29) is 0 Å². The van der Waals surface area contributed by atoms with Crippen molar-refractivity contribution in [2.45, 2.75) is 84.0 Å². The van der Waals surface area contributed by atoms with E-state index in [1.807, 2.05) is 0 Å². The molecular formula is C31H38F4O3. The second-order valence-corrected chi connectivity index (χ2v) is 11.1. The van der Waals surface area contributed by atoms with Gasteiger partial charge in [0.1, 0.15) is 17.3 Å². The minimum atomic E-state index is -1.67. The number of hydrogen-bond acceptors (Lipinski definition) is 3. The number of benzene rings is 2. The number of unbranched alkanes of at least 4 members (excludes halogenated alkanes) is 2. The quantitative estimate of drug-likeness (QED) is 0.100. The Labute approximate surface area is 222 Å². The number of ether oxygens (including phenoxy) is 2. The highest BCUT2D eigenvalue weighted by atomic mass is 19.2. The van der Waals surface area contributed by atoms with Crippen molar-refractivity contribution >= 4 is 5.97 Å².